The molecule has 1 saturated heterocycles. The van der Waals surface area contributed by atoms with Gasteiger partial charge < -0.3 is 25.0 Å². The zero-order chi connectivity index (χ0) is 21.7. The molecular formula is C21H28N4O4S. The molecule has 2 atom stereocenters. The molecule has 2 N–H and O–H groups in total. The second-order valence-corrected chi connectivity index (χ2v) is 8.24. The first-order valence-corrected chi connectivity index (χ1v) is 10.8. The van der Waals surface area contributed by atoms with E-state index in [9.17, 15) is 9.59 Å². The van der Waals surface area contributed by atoms with Crippen molar-refractivity contribution in [3.8, 4) is 11.5 Å². The lowest BCUT2D eigenvalue weighted by Gasteiger charge is -2.33. The fourth-order valence-electron chi connectivity index (χ4n) is 3.69. The molecule has 9 heteroatoms. The molecule has 3 amide bonds. The fraction of sp³-hybridized carbons (Fsp3) is 0.476. The van der Waals surface area contributed by atoms with Crippen molar-refractivity contribution in [2.24, 2.45) is 5.92 Å². The van der Waals surface area contributed by atoms with Gasteiger partial charge in [0.05, 0.1) is 26.2 Å². The summed E-state index contributed by atoms with van der Waals surface area (Å²) in [4.78, 5) is 31.2. The largest absolute Gasteiger partial charge is 0.493 e. The number of rotatable bonds is 6. The molecule has 0 saturated carbocycles. The lowest BCUT2D eigenvalue weighted by molar-refractivity contribution is -0.121. The van der Waals surface area contributed by atoms with Crippen LogP contribution in [0.5, 0.6) is 11.5 Å². The van der Waals surface area contributed by atoms with Crippen LogP contribution in [0.3, 0.4) is 0 Å². The monoisotopic (exact) mass is 432 g/mol. The van der Waals surface area contributed by atoms with Gasteiger partial charge >= 0.3 is 6.03 Å². The molecule has 30 heavy (non-hydrogen) atoms. The summed E-state index contributed by atoms with van der Waals surface area (Å²) in [7, 11) is 3.18. The number of aryl methyl sites for hydroxylation is 1. The Bertz CT molecular complexity index is 887. The summed E-state index contributed by atoms with van der Waals surface area (Å²) < 4.78 is 10.7. The molecule has 162 valence electrons. The molecule has 1 aliphatic rings. The molecule has 8 nitrogen and oxygen atoms in total. The van der Waals surface area contributed by atoms with Crippen LogP contribution < -0.4 is 20.1 Å². The first kappa shape index (κ1) is 21.9. The molecule has 1 aromatic carbocycles. The van der Waals surface area contributed by atoms with Gasteiger partial charge in [0.25, 0.3) is 0 Å². The standard InChI is InChI=1S/C21H28N4O4S/c1-13-10-17(28-3)18(29-4)11-16(13)14(2)23-21(27)25-8-5-6-15(12-25)19(26)24-20-22-7-9-30-20/h7,9-11,14-15H,5-6,8,12H2,1-4H3,(H,23,27)(H,22,24,26). The van der Waals surface area contributed by atoms with E-state index in [1.54, 1.807) is 25.3 Å². The number of thiazole rings is 1. The average Bonchev–Trinajstić information content (AvgIpc) is 3.26. The van der Waals surface area contributed by atoms with E-state index in [0.717, 1.165) is 24.0 Å². The Labute approximate surface area is 180 Å². The van der Waals surface area contributed by atoms with Crippen LogP contribution in [-0.2, 0) is 4.79 Å². The molecule has 1 fully saturated rings. The van der Waals surface area contributed by atoms with Crippen LogP contribution in [0.2, 0.25) is 0 Å². The minimum atomic E-state index is -0.244. The van der Waals surface area contributed by atoms with E-state index >= 15 is 0 Å². The number of anilines is 1. The third-order valence-electron chi connectivity index (χ3n) is 5.32. The number of piperidine rings is 1. The van der Waals surface area contributed by atoms with E-state index in [0.29, 0.717) is 29.7 Å². The van der Waals surface area contributed by atoms with Gasteiger partial charge in [-0.15, -0.1) is 11.3 Å². The van der Waals surface area contributed by atoms with Crippen molar-refractivity contribution in [3.63, 3.8) is 0 Å². The molecule has 0 radical (unpaired) electrons. The summed E-state index contributed by atoms with van der Waals surface area (Å²) in [6.45, 7) is 4.92. The Morgan fingerprint density at radius 3 is 2.67 bits per heavy atom. The van der Waals surface area contributed by atoms with Crippen LogP contribution in [0.1, 0.15) is 36.9 Å². The molecule has 2 heterocycles. The molecule has 3 rings (SSSR count). The molecule has 2 unspecified atom stereocenters. The van der Waals surface area contributed by atoms with Crippen molar-refractivity contribution in [1.29, 1.82) is 0 Å². The van der Waals surface area contributed by atoms with Crippen LogP contribution in [0, 0.1) is 12.8 Å². The predicted molar refractivity (Wildman–Crippen MR) is 116 cm³/mol. The number of nitrogens with zero attached hydrogens (tertiary/aromatic N) is 2. The van der Waals surface area contributed by atoms with Crippen molar-refractivity contribution in [2.45, 2.75) is 32.7 Å². The number of amides is 3. The maximum absolute atomic E-state index is 12.9. The first-order chi connectivity index (χ1) is 14.4. The van der Waals surface area contributed by atoms with Gasteiger partial charge in [0, 0.05) is 24.7 Å². The van der Waals surface area contributed by atoms with Crippen molar-refractivity contribution in [2.75, 3.05) is 32.6 Å². The highest BCUT2D eigenvalue weighted by molar-refractivity contribution is 7.13. The number of nitrogens with one attached hydrogen (secondary N) is 2. The lowest BCUT2D eigenvalue weighted by Crippen LogP contribution is -2.48. The average molecular weight is 433 g/mol. The number of carbonyl (C=O) groups is 2. The Balaban J connectivity index is 1.63. The van der Waals surface area contributed by atoms with Gasteiger partial charge in [0.15, 0.2) is 16.6 Å². The second kappa shape index (κ2) is 9.80. The number of benzene rings is 1. The Hall–Kier alpha value is -2.81. The third-order valence-corrected chi connectivity index (χ3v) is 6.01. The summed E-state index contributed by atoms with van der Waals surface area (Å²) in [6.07, 6.45) is 3.19. The van der Waals surface area contributed by atoms with Crippen molar-refractivity contribution in [3.05, 3.63) is 34.8 Å². The highest BCUT2D eigenvalue weighted by atomic mass is 32.1. The van der Waals surface area contributed by atoms with Gasteiger partial charge in [-0.05, 0) is 49.9 Å². The van der Waals surface area contributed by atoms with Gasteiger partial charge in [0.2, 0.25) is 5.91 Å². The van der Waals surface area contributed by atoms with E-state index in [-0.39, 0.29) is 23.9 Å². The van der Waals surface area contributed by atoms with Crippen molar-refractivity contribution >= 4 is 28.4 Å². The zero-order valence-corrected chi connectivity index (χ0v) is 18.5. The molecule has 0 bridgehead atoms. The SMILES string of the molecule is COc1cc(C)c(C(C)NC(=O)N2CCCC(C(=O)Nc3nccs3)C2)cc1OC. The van der Waals surface area contributed by atoms with Gasteiger partial charge in [0.1, 0.15) is 0 Å². The Kier molecular flexibility index (Phi) is 7.15. The maximum Gasteiger partial charge on any atom is 0.317 e. The summed E-state index contributed by atoms with van der Waals surface area (Å²) in [6, 6.07) is 3.39. The Morgan fingerprint density at radius 1 is 1.27 bits per heavy atom. The summed E-state index contributed by atoms with van der Waals surface area (Å²) in [5, 5.41) is 8.28. The normalized spacial score (nSPS) is 17.2. The lowest BCUT2D eigenvalue weighted by atomic mass is 9.97. The number of hydrogen-bond donors (Lipinski definition) is 2. The molecule has 1 aliphatic heterocycles. The topological polar surface area (TPSA) is 92.8 Å². The number of carbonyl (C=O) groups excluding carboxylic acids is 2. The van der Waals surface area contributed by atoms with Gasteiger partial charge in [-0.1, -0.05) is 0 Å². The number of aromatic nitrogens is 1. The molecule has 2 aromatic rings. The maximum atomic E-state index is 12.9. The number of likely N-dealkylation sites (tertiary alicyclic amines) is 1. The van der Waals surface area contributed by atoms with Gasteiger partial charge in [-0.3, -0.25) is 4.79 Å². The molecular weight excluding hydrogens is 404 g/mol. The van der Waals surface area contributed by atoms with E-state index in [2.05, 4.69) is 15.6 Å². The van der Waals surface area contributed by atoms with Crippen LogP contribution in [0.15, 0.2) is 23.7 Å². The van der Waals surface area contributed by atoms with E-state index < -0.39 is 0 Å². The predicted octanol–water partition coefficient (Wildman–Crippen LogP) is 3.59. The fourth-order valence-corrected chi connectivity index (χ4v) is 4.22. The summed E-state index contributed by atoms with van der Waals surface area (Å²) in [5.74, 6) is 0.941. The van der Waals surface area contributed by atoms with Crippen molar-refractivity contribution < 1.29 is 19.1 Å². The summed E-state index contributed by atoms with van der Waals surface area (Å²) in [5.41, 5.74) is 1.95. The first-order valence-electron chi connectivity index (χ1n) is 9.91. The Morgan fingerprint density at radius 2 is 2.00 bits per heavy atom. The number of hydrogen-bond acceptors (Lipinski definition) is 6. The molecule has 1 aromatic heterocycles. The number of urea groups is 1. The highest BCUT2D eigenvalue weighted by Crippen LogP contribution is 2.33. The third kappa shape index (κ3) is 5.02. The van der Waals surface area contributed by atoms with Crippen molar-refractivity contribution in [1.82, 2.24) is 15.2 Å². The summed E-state index contributed by atoms with van der Waals surface area (Å²) >= 11 is 1.38. The highest BCUT2D eigenvalue weighted by Gasteiger charge is 2.29. The number of ether oxygens (including phenoxy) is 2. The quantitative estimate of drug-likeness (QED) is 0.728. The van der Waals surface area contributed by atoms with Gasteiger partial charge in [-0.25, -0.2) is 9.78 Å². The number of methoxy groups -OCH3 is 2. The minimum absolute atomic E-state index is 0.0915. The molecule has 0 spiro atoms. The van der Waals surface area contributed by atoms with E-state index in [4.69, 9.17) is 9.47 Å². The van der Waals surface area contributed by atoms with Crippen LogP contribution in [0.25, 0.3) is 0 Å². The van der Waals surface area contributed by atoms with Crippen LogP contribution >= 0.6 is 11.3 Å². The second-order valence-electron chi connectivity index (χ2n) is 7.35. The van der Waals surface area contributed by atoms with Crippen LogP contribution in [0.4, 0.5) is 9.93 Å². The zero-order valence-electron chi connectivity index (χ0n) is 17.7. The van der Waals surface area contributed by atoms with E-state index in [1.165, 1.54) is 11.3 Å². The van der Waals surface area contributed by atoms with Gasteiger partial charge in [-0.2, -0.15) is 0 Å². The molecule has 0 aliphatic carbocycles. The van der Waals surface area contributed by atoms with E-state index in [1.807, 2.05) is 31.4 Å². The van der Waals surface area contributed by atoms with Crippen LogP contribution in [-0.4, -0.2) is 49.1 Å². The smallest absolute Gasteiger partial charge is 0.317 e. The minimum Gasteiger partial charge on any atom is -0.493 e.